The molecule has 0 amide bonds. The average molecular weight is 400 g/mol. The van der Waals surface area contributed by atoms with Crippen molar-refractivity contribution in [1.82, 2.24) is 0 Å². The second kappa shape index (κ2) is 6.29. The molecular formula is C22H24O7. The van der Waals surface area contributed by atoms with Crippen LogP contribution >= 0.6 is 0 Å². The SMILES string of the molecule is CC(=O)O[C@H]1O[C@H](c2ccoc2)C[C@@]12[C@@H]1CCC=C3C(=O)OC[C@]31CC(=O)[C@@H]2C. The fourth-order valence-electron chi connectivity index (χ4n) is 6.29. The first-order chi connectivity index (χ1) is 13.9. The van der Waals surface area contributed by atoms with Crippen LogP contribution in [0.1, 0.15) is 51.2 Å². The summed E-state index contributed by atoms with van der Waals surface area (Å²) in [5.74, 6) is -1.15. The van der Waals surface area contributed by atoms with Gasteiger partial charge in [-0.05, 0) is 31.2 Å². The Morgan fingerprint density at radius 2 is 2.14 bits per heavy atom. The van der Waals surface area contributed by atoms with Gasteiger partial charge in [0.2, 0.25) is 6.29 Å². The number of esters is 2. The summed E-state index contributed by atoms with van der Waals surface area (Å²) in [5, 5.41) is 0. The molecule has 1 saturated carbocycles. The minimum atomic E-state index is -0.865. The van der Waals surface area contributed by atoms with Crippen molar-refractivity contribution >= 4 is 17.7 Å². The summed E-state index contributed by atoms with van der Waals surface area (Å²) in [5.41, 5.74) is 0.0768. The second-order valence-electron chi connectivity index (χ2n) is 8.78. The lowest BCUT2D eigenvalue weighted by Gasteiger charge is -2.55. The van der Waals surface area contributed by atoms with Crippen LogP contribution in [0.3, 0.4) is 0 Å². The van der Waals surface area contributed by atoms with Crippen molar-refractivity contribution in [3.63, 3.8) is 0 Å². The van der Waals surface area contributed by atoms with Crippen molar-refractivity contribution in [2.45, 2.75) is 51.9 Å². The molecule has 0 N–H and O–H groups in total. The molecule has 2 aliphatic heterocycles. The molecule has 1 aromatic rings. The summed E-state index contributed by atoms with van der Waals surface area (Å²) in [6, 6.07) is 1.83. The molecule has 0 radical (unpaired) electrons. The number of carbonyl (C=O) groups excluding carboxylic acids is 3. The van der Waals surface area contributed by atoms with Gasteiger partial charge in [-0.3, -0.25) is 9.59 Å². The number of carbonyl (C=O) groups is 3. The number of cyclic esters (lactones) is 1. The molecule has 2 aliphatic carbocycles. The average Bonchev–Trinajstić information content (AvgIpc) is 3.39. The number of rotatable bonds is 2. The number of Topliss-reactive ketones (excluding diaryl/α,β-unsaturated/α-hetero) is 1. The van der Waals surface area contributed by atoms with Gasteiger partial charge in [0.1, 0.15) is 12.4 Å². The van der Waals surface area contributed by atoms with E-state index in [0.717, 1.165) is 18.4 Å². The molecule has 6 atom stereocenters. The van der Waals surface area contributed by atoms with Crippen molar-refractivity contribution in [3.8, 4) is 0 Å². The number of hydrogen-bond acceptors (Lipinski definition) is 7. The van der Waals surface area contributed by atoms with Crippen molar-refractivity contribution in [3.05, 3.63) is 35.8 Å². The Balaban J connectivity index is 1.65. The predicted octanol–water partition coefficient (Wildman–Crippen LogP) is 3.11. The Bertz CT molecular complexity index is 900. The van der Waals surface area contributed by atoms with Crippen molar-refractivity contribution < 1.29 is 33.0 Å². The molecule has 2 saturated heterocycles. The molecule has 2 spiro atoms. The molecule has 7 nitrogen and oxygen atoms in total. The van der Waals surface area contributed by atoms with Crippen LogP contribution in [0.4, 0.5) is 0 Å². The maximum atomic E-state index is 13.3. The Kier molecular flexibility index (Phi) is 4.04. The second-order valence-corrected chi connectivity index (χ2v) is 8.78. The van der Waals surface area contributed by atoms with Crippen LogP contribution in [-0.2, 0) is 28.6 Å². The zero-order chi connectivity index (χ0) is 20.4. The normalized spacial score (nSPS) is 41.0. The van der Waals surface area contributed by atoms with E-state index in [1.807, 2.05) is 19.1 Å². The van der Waals surface area contributed by atoms with E-state index in [-0.39, 0.29) is 42.7 Å². The first-order valence-corrected chi connectivity index (χ1v) is 10.1. The highest BCUT2D eigenvalue weighted by atomic mass is 16.7. The molecule has 1 aromatic heterocycles. The van der Waals surface area contributed by atoms with Gasteiger partial charge in [-0.25, -0.2) is 4.79 Å². The molecule has 3 fully saturated rings. The fraction of sp³-hybridized carbons (Fsp3) is 0.591. The number of furan rings is 1. The summed E-state index contributed by atoms with van der Waals surface area (Å²) in [6.07, 6.45) is 6.21. The van der Waals surface area contributed by atoms with Gasteiger partial charge in [0.15, 0.2) is 0 Å². The topological polar surface area (TPSA) is 92.0 Å². The summed E-state index contributed by atoms with van der Waals surface area (Å²) >= 11 is 0. The molecule has 4 aliphatic rings. The van der Waals surface area contributed by atoms with Crippen LogP contribution in [0, 0.1) is 22.7 Å². The molecule has 0 unspecified atom stereocenters. The lowest BCUT2D eigenvalue weighted by molar-refractivity contribution is -0.220. The highest BCUT2D eigenvalue weighted by molar-refractivity contribution is 5.96. The Morgan fingerprint density at radius 3 is 2.86 bits per heavy atom. The zero-order valence-electron chi connectivity index (χ0n) is 16.5. The van der Waals surface area contributed by atoms with Crippen LogP contribution in [0.2, 0.25) is 0 Å². The molecule has 0 bridgehead atoms. The Morgan fingerprint density at radius 1 is 1.31 bits per heavy atom. The molecule has 7 heteroatoms. The number of allylic oxidation sites excluding steroid dienone is 1. The van der Waals surface area contributed by atoms with Gasteiger partial charge in [-0.1, -0.05) is 13.0 Å². The highest BCUT2D eigenvalue weighted by Gasteiger charge is 2.70. The van der Waals surface area contributed by atoms with Crippen LogP contribution in [0.15, 0.2) is 34.7 Å². The third-order valence-corrected chi connectivity index (χ3v) is 7.57. The van der Waals surface area contributed by atoms with E-state index in [4.69, 9.17) is 18.6 Å². The van der Waals surface area contributed by atoms with Gasteiger partial charge >= 0.3 is 11.9 Å². The number of ether oxygens (including phenoxy) is 3. The molecule has 0 aromatic carbocycles. The Labute approximate surface area is 168 Å². The minimum Gasteiger partial charge on any atom is -0.472 e. The summed E-state index contributed by atoms with van der Waals surface area (Å²) in [4.78, 5) is 37.6. The fourth-order valence-corrected chi connectivity index (χ4v) is 6.29. The minimum absolute atomic E-state index is 0.0564. The van der Waals surface area contributed by atoms with E-state index >= 15 is 0 Å². The smallest absolute Gasteiger partial charge is 0.334 e. The maximum Gasteiger partial charge on any atom is 0.334 e. The lowest BCUT2D eigenvalue weighted by Crippen LogP contribution is -2.60. The predicted molar refractivity (Wildman–Crippen MR) is 98.1 cm³/mol. The quantitative estimate of drug-likeness (QED) is 0.704. The number of hydrogen-bond donors (Lipinski definition) is 0. The van der Waals surface area contributed by atoms with Gasteiger partial charge in [0, 0.05) is 41.2 Å². The van der Waals surface area contributed by atoms with E-state index < -0.39 is 23.1 Å². The van der Waals surface area contributed by atoms with Crippen molar-refractivity contribution in [1.29, 1.82) is 0 Å². The summed E-state index contributed by atoms with van der Waals surface area (Å²) < 4.78 is 22.6. The van der Waals surface area contributed by atoms with Crippen LogP contribution in [0.5, 0.6) is 0 Å². The first kappa shape index (κ1) is 18.6. The zero-order valence-corrected chi connectivity index (χ0v) is 16.5. The molecular weight excluding hydrogens is 376 g/mol. The van der Waals surface area contributed by atoms with Crippen molar-refractivity contribution in [2.75, 3.05) is 6.61 Å². The highest BCUT2D eigenvalue weighted by Crippen LogP contribution is 2.68. The number of fused-ring (bicyclic) bond motifs is 1. The van der Waals surface area contributed by atoms with Crippen molar-refractivity contribution in [2.24, 2.45) is 22.7 Å². The van der Waals surface area contributed by atoms with Gasteiger partial charge in [-0.2, -0.15) is 0 Å². The lowest BCUT2D eigenvalue weighted by atomic mass is 9.46. The van der Waals surface area contributed by atoms with Crippen LogP contribution in [0.25, 0.3) is 0 Å². The van der Waals surface area contributed by atoms with Gasteiger partial charge in [-0.15, -0.1) is 0 Å². The molecule has 5 rings (SSSR count). The summed E-state index contributed by atoms with van der Waals surface area (Å²) in [7, 11) is 0. The van der Waals surface area contributed by atoms with Gasteiger partial charge in [0.05, 0.1) is 18.6 Å². The summed E-state index contributed by atoms with van der Waals surface area (Å²) in [6.45, 7) is 3.45. The molecule has 3 heterocycles. The van der Waals surface area contributed by atoms with E-state index in [9.17, 15) is 14.4 Å². The monoisotopic (exact) mass is 400 g/mol. The third-order valence-electron chi connectivity index (χ3n) is 7.57. The first-order valence-electron chi connectivity index (χ1n) is 10.1. The van der Waals surface area contributed by atoms with Crippen LogP contribution < -0.4 is 0 Å². The molecule has 154 valence electrons. The van der Waals surface area contributed by atoms with E-state index in [1.165, 1.54) is 6.92 Å². The largest absolute Gasteiger partial charge is 0.472 e. The van der Waals surface area contributed by atoms with Gasteiger partial charge < -0.3 is 18.6 Å². The van der Waals surface area contributed by atoms with E-state index in [0.29, 0.717) is 12.0 Å². The standard InChI is InChI=1S/C22H24O7/c1-12-16(24)8-21-11-27-19(25)15(21)4-3-5-18(21)22(12)9-17(14-6-7-26-10-14)29-20(22)28-13(2)23/h4,6-7,10,12,17-18,20H,3,5,8-9,11H2,1-2H3/t12-,17-,18+,20-,21+,22+/m0/s1. The number of ketones is 1. The van der Waals surface area contributed by atoms with Gasteiger partial charge in [0.25, 0.3) is 0 Å². The van der Waals surface area contributed by atoms with Crippen LogP contribution in [-0.4, -0.2) is 30.6 Å². The Hall–Kier alpha value is -2.41. The van der Waals surface area contributed by atoms with E-state index in [2.05, 4.69) is 0 Å². The maximum absolute atomic E-state index is 13.3. The van der Waals surface area contributed by atoms with E-state index in [1.54, 1.807) is 12.5 Å². The third kappa shape index (κ3) is 2.43. The molecule has 29 heavy (non-hydrogen) atoms.